The third-order valence-electron chi connectivity index (χ3n) is 6.07. The number of nitrogens with zero attached hydrogens (tertiary/aromatic N) is 1. The Bertz CT molecular complexity index is 1330. The van der Waals surface area contributed by atoms with E-state index in [0.29, 0.717) is 11.4 Å². The van der Waals surface area contributed by atoms with Crippen LogP contribution in [0.3, 0.4) is 0 Å². The molecule has 1 amide bonds. The monoisotopic (exact) mass is 461 g/mol. The van der Waals surface area contributed by atoms with Gasteiger partial charge in [-0.3, -0.25) is 14.5 Å². The van der Waals surface area contributed by atoms with Gasteiger partial charge in [-0.05, 0) is 61.4 Å². The molecule has 7 heteroatoms. The van der Waals surface area contributed by atoms with Crippen molar-refractivity contribution in [2.24, 2.45) is 0 Å². The zero-order valence-corrected chi connectivity index (χ0v) is 19.3. The molecule has 4 rings (SSSR count). The van der Waals surface area contributed by atoms with Gasteiger partial charge in [0.15, 0.2) is 0 Å². The number of anilines is 1. The van der Waals surface area contributed by atoms with Crippen molar-refractivity contribution in [1.82, 2.24) is 0 Å². The standard InChI is InChI=1S/C27H24FNO5/c1-15-9-10-17(13-16(15)2)29-24(19-7-5-6-8-21(19)28)23(26(31)27(29)32)25(30)20-14-18(33-3)11-12-22(20)34-4/h5-14,24,30H,1-4H3/b25-23+. The maximum atomic E-state index is 15.0. The fourth-order valence-corrected chi connectivity index (χ4v) is 4.11. The van der Waals surface area contributed by atoms with Crippen LogP contribution < -0.4 is 14.4 Å². The van der Waals surface area contributed by atoms with Crippen molar-refractivity contribution < 1.29 is 28.6 Å². The van der Waals surface area contributed by atoms with Crippen molar-refractivity contribution in [1.29, 1.82) is 0 Å². The average molecular weight is 461 g/mol. The SMILES string of the molecule is COc1ccc(OC)c(/C(O)=C2\C(=O)C(=O)N(c3ccc(C)c(C)c3)C2c2ccccc2F)c1. The van der Waals surface area contributed by atoms with E-state index in [0.717, 1.165) is 11.1 Å². The minimum Gasteiger partial charge on any atom is -0.507 e. The van der Waals surface area contributed by atoms with Gasteiger partial charge in [-0.25, -0.2) is 4.39 Å². The molecule has 3 aromatic rings. The van der Waals surface area contributed by atoms with Gasteiger partial charge >= 0.3 is 0 Å². The van der Waals surface area contributed by atoms with Crippen molar-refractivity contribution in [3.05, 3.63) is 94.3 Å². The first-order valence-corrected chi connectivity index (χ1v) is 10.6. The van der Waals surface area contributed by atoms with Crippen LogP contribution in [0, 0.1) is 19.7 Å². The van der Waals surface area contributed by atoms with Crippen LogP contribution in [0.5, 0.6) is 11.5 Å². The Labute approximate surface area is 196 Å². The number of halogens is 1. The van der Waals surface area contributed by atoms with Gasteiger partial charge in [0.25, 0.3) is 11.7 Å². The maximum absolute atomic E-state index is 15.0. The van der Waals surface area contributed by atoms with Gasteiger partial charge in [0.2, 0.25) is 0 Å². The lowest BCUT2D eigenvalue weighted by Gasteiger charge is -2.26. The number of aryl methyl sites for hydroxylation is 2. The molecular weight excluding hydrogens is 437 g/mol. The Morgan fingerprint density at radius 3 is 2.32 bits per heavy atom. The van der Waals surface area contributed by atoms with E-state index in [1.807, 2.05) is 19.9 Å². The molecule has 0 saturated carbocycles. The van der Waals surface area contributed by atoms with E-state index in [1.54, 1.807) is 30.3 Å². The fraction of sp³-hybridized carbons (Fsp3) is 0.185. The van der Waals surface area contributed by atoms with Crippen molar-refractivity contribution in [3.63, 3.8) is 0 Å². The second kappa shape index (κ2) is 9.02. The summed E-state index contributed by atoms with van der Waals surface area (Å²) in [6, 6.07) is 14.7. The Morgan fingerprint density at radius 1 is 0.941 bits per heavy atom. The van der Waals surface area contributed by atoms with Crippen molar-refractivity contribution in [2.75, 3.05) is 19.1 Å². The molecule has 0 spiro atoms. The van der Waals surface area contributed by atoms with Crippen LogP contribution in [0.4, 0.5) is 10.1 Å². The predicted octanol–water partition coefficient (Wildman–Crippen LogP) is 5.09. The second-order valence-electron chi connectivity index (χ2n) is 8.03. The summed E-state index contributed by atoms with van der Waals surface area (Å²) in [6.45, 7) is 3.81. The van der Waals surface area contributed by atoms with E-state index >= 15 is 4.39 Å². The molecule has 1 saturated heterocycles. The third-order valence-corrected chi connectivity index (χ3v) is 6.07. The van der Waals surface area contributed by atoms with E-state index in [2.05, 4.69) is 0 Å². The molecule has 174 valence electrons. The van der Waals surface area contributed by atoms with Gasteiger partial charge in [-0.15, -0.1) is 0 Å². The topological polar surface area (TPSA) is 76.1 Å². The summed E-state index contributed by atoms with van der Waals surface area (Å²) in [5.74, 6) is -2.19. The Morgan fingerprint density at radius 2 is 1.68 bits per heavy atom. The summed E-state index contributed by atoms with van der Waals surface area (Å²) in [5, 5.41) is 11.3. The largest absolute Gasteiger partial charge is 0.507 e. The number of aliphatic hydroxyl groups excluding tert-OH is 1. The summed E-state index contributed by atoms with van der Waals surface area (Å²) >= 11 is 0. The highest BCUT2D eigenvalue weighted by Crippen LogP contribution is 2.44. The number of benzene rings is 3. The zero-order chi connectivity index (χ0) is 24.6. The van der Waals surface area contributed by atoms with Gasteiger partial charge in [-0.2, -0.15) is 0 Å². The molecule has 0 aromatic heterocycles. The van der Waals surface area contributed by atoms with E-state index < -0.39 is 29.3 Å². The van der Waals surface area contributed by atoms with Crippen LogP contribution in [0.1, 0.15) is 28.3 Å². The number of hydrogen-bond donors (Lipinski definition) is 1. The first kappa shape index (κ1) is 23.0. The molecule has 3 aromatic carbocycles. The summed E-state index contributed by atoms with van der Waals surface area (Å²) in [5.41, 5.74) is 2.34. The molecule has 1 N–H and O–H groups in total. The minimum atomic E-state index is -1.18. The smallest absolute Gasteiger partial charge is 0.300 e. The molecule has 0 radical (unpaired) electrons. The van der Waals surface area contributed by atoms with Crippen molar-refractivity contribution in [3.8, 4) is 11.5 Å². The molecule has 0 bridgehead atoms. The number of ketones is 1. The summed E-state index contributed by atoms with van der Waals surface area (Å²) in [6.07, 6.45) is 0. The quantitative estimate of drug-likeness (QED) is 0.326. The summed E-state index contributed by atoms with van der Waals surface area (Å²) < 4.78 is 25.6. The van der Waals surface area contributed by atoms with Crippen LogP contribution in [0.2, 0.25) is 0 Å². The predicted molar refractivity (Wildman–Crippen MR) is 127 cm³/mol. The number of rotatable bonds is 5. The lowest BCUT2D eigenvalue weighted by atomic mass is 9.94. The molecule has 34 heavy (non-hydrogen) atoms. The molecule has 0 aliphatic carbocycles. The minimum absolute atomic E-state index is 0.0864. The van der Waals surface area contributed by atoms with Crippen LogP contribution in [0.15, 0.2) is 66.2 Å². The molecular formula is C27H24FNO5. The Kier molecular flexibility index (Phi) is 6.11. The first-order valence-electron chi connectivity index (χ1n) is 10.6. The Balaban J connectivity index is 2.02. The number of aliphatic hydroxyl groups is 1. The zero-order valence-electron chi connectivity index (χ0n) is 19.3. The van der Waals surface area contributed by atoms with Gasteiger partial charge in [0.05, 0.1) is 31.4 Å². The Hall–Kier alpha value is -4.13. The number of amides is 1. The highest BCUT2D eigenvalue weighted by molar-refractivity contribution is 6.51. The van der Waals surface area contributed by atoms with Crippen molar-refractivity contribution >= 4 is 23.1 Å². The molecule has 6 nitrogen and oxygen atoms in total. The van der Waals surface area contributed by atoms with E-state index in [1.165, 1.54) is 43.4 Å². The van der Waals surface area contributed by atoms with E-state index in [-0.39, 0.29) is 22.4 Å². The van der Waals surface area contributed by atoms with Crippen LogP contribution in [-0.4, -0.2) is 31.0 Å². The number of carbonyl (C=O) groups is 2. The van der Waals surface area contributed by atoms with Gasteiger partial charge < -0.3 is 14.6 Å². The number of Topliss-reactive ketones (excluding diaryl/α,β-unsaturated/α-hetero) is 1. The van der Waals surface area contributed by atoms with Crippen molar-refractivity contribution in [2.45, 2.75) is 19.9 Å². The number of methoxy groups -OCH3 is 2. The first-order chi connectivity index (χ1) is 16.3. The van der Waals surface area contributed by atoms with Gasteiger partial charge in [0, 0.05) is 11.3 Å². The normalized spacial score (nSPS) is 17.2. The highest BCUT2D eigenvalue weighted by Gasteiger charge is 2.48. The lowest BCUT2D eigenvalue weighted by molar-refractivity contribution is -0.132. The van der Waals surface area contributed by atoms with Crippen LogP contribution in [0.25, 0.3) is 5.76 Å². The molecule has 1 atom stereocenters. The number of hydrogen-bond acceptors (Lipinski definition) is 5. The number of ether oxygens (including phenoxy) is 2. The van der Waals surface area contributed by atoms with Gasteiger partial charge in [0.1, 0.15) is 23.1 Å². The molecule has 1 unspecified atom stereocenters. The van der Waals surface area contributed by atoms with Crippen LogP contribution in [-0.2, 0) is 9.59 Å². The maximum Gasteiger partial charge on any atom is 0.300 e. The second-order valence-corrected chi connectivity index (χ2v) is 8.03. The number of carbonyl (C=O) groups excluding carboxylic acids is 2. The van der Waals surface area contributed by atoms with E-state index in [4.69, 9.17) is 9.47 Å². The third kappa shape index (κ3) is 3.79. The lowest BCUT2D eigenvalue weighted by Crippen LogP contribution is -2.30. The molecule has 1 aliphatic rings. The molecule has 1 heterocycles. The van der Waals surface area contributed by atoms with E-state index in [9.17, 15) is 14.7 Å². The van der Waals surface area contributed by atoms with Crippen LogP contribution >= 0.6 is 0 Å². The molecule has 1 fully saturated rings. The summed E-state index contributed by atoms with van der Waals surface area (Å²) in [4.78, 5) is 27.8. The average Bonchev–Trinajstić information content (AvgIpc) is 3.10. The summed E-state index contributed by atoms with van der Waals surface area (Å²) in [7, 11) is 2.88. The fourth-order valence-electron chi connectivity index (χ4n) is 4.11. The molecule has 1 aliphatic heterocycles. The highest BCUT2D eigenvalue weighted by atomic mass is 19.1. The van der Waals surface area contributed by atoms with Gasteiger partial charge in [-0.1, -0.05) is 24.3 Å².